The molecule has 0 fully saturated rings. The van der Waals surface area contributed by atoms with E-state index in [-0.39, 0.29) is 24.2 Å². The number of hydrogen-bond donors (Lipinski definition) is 1. The quantitative estimate of drug-likeness (QED) is 0.645. The Morgan fingerprint density at radius 3 is 2.83 bits per heavy atom. The Morgan fingerprint density at radius 2 is 2.13 bits per heavy atom. The third kappa shape index (κ3) is 4.20. The van der Waals surface area contributed by atoms with Gasteiger partial charge < -0.3 is 19.2 Å². The minimum absolute atomic E-state index is 0.0950. The molecule has 0 aliphatic carbocycles. The summed E-state index contributed by atoms with van der Waals surface area (Å²) in [6.07, 6.45) is 2.44. The fraction of sp³-hybridized carbons (Fsp3) is 0.391. The molecule has 0 saturated heterocycles. The first-order valence-electron chi connectivity index (χ1n) is 10.1. The van der Waals surface area contributed by atoms with Gasteiger partial charge in [0.1, 0.15) is 17.4 Å². The molecule has 0 bridgehead atoms. The van der Waals surface area contributed by atoms with Crippen LogP contribution < -0.4 is 14.8 Å². The van der Waals surface area contributed by atoms with E-state index in [0.29, 0.717) is 12.3 Å². The number of nitrogens with zero attached hydrogens (tertiary/aromatic N) is 2. The number of rotatable bonds is 7. The van der Waals surface area contributed by atoms with Crippen LogP contribution in [0.5, 0.6) is 11.5 Å². The molecule has 0 saturated carbocycles. The van der Waals surface area contributed by atoms with Crippen LogP contribution in [0.25, 0.3) is 0 Å². The van der Waals surface area contributed by atoms with Crippen molar-refractivity contribution in [3.05, 3.63) is 65.4 Å². The Morgan fingerprint density at radius 1 is 1.30 bits per heavy atom. The summed E-state index contributed by atoms with van der Waals surface area (Å²) in [5.41, 5.74) is 2.75. The topological polar surface area (TPSA) is 78.5 Å². The second-order valence-corrected chi connectivity index (χ2v) is 8.28. The third-order valence-electron chi connectivity index (χ3n) is 5.12. The summed E-state index contributed by atoms with van der Waals surface area (Å²) in [6.45, 7) is 8.25. The van der Waals surface area contributed by atoms with Crippen molar-refractivity contribution in [1.29, 1.82) is 0 Å². The maximum atomic E-state index is 12.5. The molecule has 3 heterocycles. The Hall–Kier alpha value is -3.22. The van der Waals surface area contributed by atoms with E-state index in [1.54, 1.807) is 6.26 Å². The predicted molar refractivity (Wildman–Crippen MR) is 112 cm³/mol. The fourth-order valence-electron chi connectivity index (χ4n) is 3.86. The molecule has 1 aliphatic heterocycles. The molecule has 1 amide bonds. The number of carbonyl (C=O) groups is 1. The highest BCUT2D eigenvalue weighted by Gasteiger charge is 2.32. The van der Waals surface area contributed by atoms with Crippen molar-refractivity contribution < 1.29 is 18.7 Å². The van der Waals surface area contributed by atoms with Gasteiger partial charge in [-0.1, -0.05) is 12.1 Å². The van der Waals surface area contributed by atoms with E-state index in [9.17, 15) is 4.79 Å². The lowest BCUT2D eigenvalue weighted by Crippen LogP contribution is -2.35. The Labute approximate surface area is 176 Å². The molecule has 30 heavy (non-hydrogen) atoms. The fourth-order valence-corrected chi connectivity index (χ4v) is 3.86. The number of benzene rings is 1. The summed E-state index contributed by atoms with van der Waals surface area (Å²) in [7, 11) is 0. The zero-order chi connectivity index (χ0) is 21.3. The van der Waals surface area contributed by atoms with Crippen LogP contribution in [0.1, 0.15) is 42.6 Å². The average Bonchev–Trinajstić information content (AvgIpc) is 3.39. The van der Waals surface area contributed by atoms with Gasteiger partial charge in [0, 0.05) is 24.2 Å². The van der Waals surface area contributed by atoms with Gasteiger partial charge in [-0.25, -0.2) is 0 Å². The number of furan rings is 1. The first-order valence-corrected chi connectivity index (χ1v) is 10.1. The number of carbonyl (C=O) groups excluding carboxylic acids is 1. The van der Waals surface area contributed by atoms with Crippen LogP contribution >= 0.6 is 0 Å². The van der Waals surface area contributed by atoms with Crippen molar-refractivity contribution in [3.8, 4) is 11.5 Å². The number of amides is 1. The van der Waals surface area contributed by atoms with Crippen LogP contribution in [0.2, 0.25) is 0 Å². The minimum Gasteiger partial charge on any atom is -0.483 e. The van der Waals surface area contributed by atoms with Crippen LogP contribution in [0.3, 0.4) is 0 Å². The Kier molecular flexibility index (Phi) is 5.28. The van der Waals surface area contributed by atoms with Crippen LogP contribution in [0, 0.1) is 13.8 Å². The number of fused-ring (bicyclic) bond motifs is 1. The van der Waals surface area contributed by atoms with Gasteiger partial charge in [-0.2, -0.15) is 5.10 Å². The van der Waals surface area contributed by atoms with Crippen molar-refractivity contribution in [2.45, 2.75) is 45.8 Å². The van der Waals surface area contributed by atoms with Crippen molar-refractivity contribution in [2.75, 3.05) is 13.2 Å². The molecule has 1 aliphatic rings. The van der Waals surface area contributed by atoms with Crippen molar-refractivity contribution in [3.63, 3.8) is 0 Å². The molecule has 1 atom stereocenters. The van der Waals surface area contributed by atoms with Gasteiger partial charge in [0.15, 0.2) is 18.1 Å². The first kappa shape index (κ1) is 20.1. The maximum absolute atomic E-state index is 12.5. The maximum Gasteiger partial charge on any atom is 0.258 e. The number of hydrogen-bond acceptors (Lipinski definition) is 5. The van der Waals surface area contributed by atoms with E-state index in [2.05, 4.69) is 10.4 Å². The summed E-state index contributed by atoms with van der Waals surface area (Å²) in [4.78, 5) is 12.5. The number of aryl methyl sites for hydroxylation is 2. The Bertz CT molecular complexity index is 1040. The molecule has 3 aromatic rings. The van der Waals surface area contributed by atoms with Crippen LogP contribution in [0.4, 0.5) is 0 Å². The number of nitrogens with one attached hydrogen (secondary N) is 1. The summed E-state index contributed by atoms with van der Waals surface area (Å²) in [6, 6.07) is 11.3. The van der Waals surface area contributed by atoms with Gasteiger partial charge in [-0.3, -0.25) is 9.48 Å². The highest BCUT2D eigenvalue weighted by Crippen LogP contribution is 2.41. The summed E-state index contributed by atoms with van der Waals surface area (Å²) in [5.74, 6) is 1.84. The monoisotopic (exact) mass is 409 g/mol. The van der Waals surface area contributed by atoms with E-state index in [4.69, 9.17) is 13.9 Å². The highest BCUT2D eigenvalue weighted by atomic mass is 16.5. The van der Waals surface area contributed by atoms with E-state index >= 15 is 0 Å². The SMILES string of the molecule is Cc1cc(C)n(C(CNC(=O)COc2cccc3c2OC(C)(C)C3)c2ccco2)n1. The van der Waals surface area contributed by atoms with Crippen LogP contribution in [-0.2, 0) is 11.2 Å². The van der Waals surface area contributed by atoms with E-state index < -0.39 is 0 Å². The van der Waals surface area contributed by atoms with Crippen LogP contribution in [-0.4, -0.2) is 34.4 Å². The molecule has 4 rings (SSSR count). The smallest absolute Gasteiger partial charge is 0.258 e. The normalized spacial score (nSPS) is 15.3. The molecular weight excluding hydrogens is 382 g/mol. The molecular formula is C23H27N3O4. The van der Waals surface area contributed by atoms with Crippen molar-refractivity contribution in [1.82, 2.24) is 15.1 Å². The number of aromatic nitrogens is 2. The number of ether oxygens (including phenoxy) is 2. The molecule has 0 radical (unpaired) electrons. The van der Waals surface area contributed by atoms with Crippen LogP contribution in [0.15, 0.2) is 47.1 Å². The predicted octanol–water partition coefficient (Wildman–Crippen LogP) is 3.59. The largest absolute Gasteiger partial charge is 0.483 e. The van der Waals surface area contributed by atoms with Gasteiger partial charge in [0.25, 0.3) is 5.91 Å². The molecule has 7 heteroatoms. The summed E-state index contributed by atoms with van der Waals surface area (Å²) in [5, 5.41) is 7.48. The third-order valence-corrected chi connectivity index (χ3v) is 5.12. The van der Waals surface area contributed by atoms with E-state index in [0.717, 1.165) is 34.9 Å². The molecule has 158 valence electrons. The lowest BCUT2D eigenvalue weighted by Gasteiger charge is -2.19. The van der Waals surface area contributed by atoms with E-state index in [1.165, 1.54) is 0 Å². The average molecular weight is 409 g/mol. The molecule has 1 aromatic carbocycles. The molecule has 7 nitrogen and oxygen atoms in total. The second kappa shape index (κ2) is 7.89. The highest BCUT2D eigenvalue weighted by molar-refractivity contribution is 5.77. The minimum atomic E-state index is -0.264. The molecule has 0 spiro atoms. The van der Waals surface area contributed by atoms with Gasteiger partial charge in [0.05, 0.1) is 12.0 Å². The Balaban J connectivity index is 1.40. The van der Waals surface area contributed by atoms with Crippen molar-refractivity contribution >= 4 is 5.91 Å². The van der Waals surface area contributed by atoms with Gasteiger partial charge in [-0.15, -0.1) is 0 Å². The second-order valence-electron chi connectivity index (χ2n) is 8.28. The molecule has 1 unspecified atom stereocenters. The van der Waals surface area contributed by atoms with Gasteiger partial charge in [0.2, 0.25) is 0 Å². The van der Waals surface area contributed by atoms with Crippen molar-refractivity contribution in [2.24, 2.45) is 0 Å². The molecule has 2 aromatic heterocycles. The summed E-state index contributed by atoms with van der Waals surface area (Å²) < 4.78 is 19.2. The van der Waals surface area contributed by atoms with Gasteiger partial charge in [-0.05, 0) is 52.0 Å². The number of para-hydroxylation sites is 1. The lowest BCUT2D eigenvalue weighted by molar-refractivity contribution is -0.123. The van der Waals surface area contributed by atoms with Gasteiger partial charge >= 0.3 is 0 Å². The zero-order valence-corrected chi connectivity index (χ0v) is 17.8. The standard InChI is InChI=1S/C23H27N3O4/c1-15-11-16(2)26(25-15)18(19-9-6-10-28-19)13-24-21(27)14-29-20-8-5-7-17-12-23(3,4)30-22(17)20/h5-11,18H,12-14H2,1-4H3,(H,24,27). The first-order chi connectivity index (χ1) is 14.3. The van der Waals surface area contributed by atoms with E-state index in [1.807, 2.05) is 68.8 Å². The zero-order valence-electron chi connectivity index (χ0n) is 17.8. The lowest BCUT2D eigenvalue weighted by atomic mass is 10.0. The summed E-state index contributed by atoms with van der Waals surface area (Å²) >= 11 is 0. The molecule has 1 N–H and O–H groups in total.